The zero-order valence-corrected chi connectivity index (χ0v) is 12.0. The lowest BCUT2D eigenvalue weighted by Gasteiger charge is -2.34. The van der Waals surface area contributed by atoms with Crippen LogP contribution in [0.4, 0.5) is 4.79 Å². The Morgan fingerprint density at radius 1 is 1.15 bits per heavy atom. The number of carbonyl (C=O) groups is 2. The molecule has 1 N–H and O–H groups in total. The molecule has 2 heterocycles. The highest BCUT2D eigenvalue weighted by atomic mass is 16.4. The molecule has 0 spiro atoms. The van der Waals surface area contributed by atoms with Gasteiger partial charge in [-0.25, -0.2) is 4.79 Å². The lowest BCUT2D eigenvalue weighted by Crippen LogP contribution is -2.53. The van der Waals surface area contributed by atoms with Crippen LogP contribution in [0.2, 0.25) is 0 Å². The molecule has 0 aliphatic carbocycles. The van der Waals surface area contributed by atoms with Gasteiger partial charge in [0.25, 0.3) is 5.91 Å². The molecule has 6 heteroatoms. The maximum atomic E-state index is 12.2. The molecule has 20 heavy (non-hydrogen) atoms. The van der Waals surface area contributed by atoms with Crippen molar-refractivity contribution < 1.29 is 14.0 Å². The molecule has 0 unspecified atom stereocenters. The first-order valence-corrected chi connectivity index (χ1v) is 7.06. The molecule has 3 amide bonds. The van der Waals surface area contributed by atoms with Crippen LogP contribution in [0.1, 0.15) is 30.2 Å². The second-order valence-corrected chi connectivity index (χ2v) is 4.73. The fraction of sp³-hybridized carbons (Fsp3) is 0.571. The number of hydrogen-bond donors (Lipinski definition) is 1. The Labute approximate surface area is 118 Å². The Morgan fingerprint density at radius 3 is 2.35 bits per heavy atom. The minimum atomic E-state index is -0.0970. The number of piperazine rings is 1. The van der Waals surface area contributed by atoms with Gasteiger partial charge in [-0.05, 0) is 19.1 Å². The summed E-state index contributed by atoms with van der Waals surface area (Å²) in [5, 5.41) is 2.77. The van der Waals surface area contributed by atoms with Crippen molar-refractivity contribution in [3.63, 3.8) is 0 Å². The van der Waals surface area contributed by atoms with Crippen molar-refractivity contribution in [2.75, 3.05) is 32.7 Å². The number of carbonyl (C=O) groups excluding carboxylic acids is 2. The van der Waals surface area contributed by atoms with Crippen LogP contribution >= 0.6 is 0 Å². The van der Waals surface area contributed by atoms with Gasteiger partial charge >= 0.3 is 6.03 Å². The van der Waals surface area contributed by atoms with Crippen LogP contribution in [0.5, 0.6) is 0 Å². The van der Waals surface area contributed by atoms with Crippen molar-refractivity contribution in [3.05, 3.63) is 23.7 Å². The number of hydrogen-bond acceptors (Lipinski definition) is 3. The Kier molecular flexibility index (Phi) is 4.65. The van der Waals surface area contributed by atoms with Crippen molar-refractivity contribution in [2.45, 2.75) is 20.3 Å². The summed E-state index contributed by atoms with van der Waals surface area (Å²) in [4.78, 5) is 27.4. The van der Waals surface area contributed by atoms with Crippen molar-refractivity contribution >= 4 is 11.9 Å². The summed E-state index contributed by atoms with van der Waals surface area (Å²) in [5.74, 6) is 1.10. The summed E-state index contributed by atoms with van der Waals surface area (Å²) in [6, 6.07) is 3.49. The minimum absolute atomic E-state index is 0.0640. The van der Waals surface area contributed by atoms with Crippen molar-refractivity contribution in [1.82, 2.24) is 15.1 Å². The molecular formula is C14H21N3O3. The zero-order chi connectivity index (χ0) is 14.5. The van der Waals surface area contributed by atoms with Crippen LogP contribution in [0.25, 0.3) is 0 Å². The van der Waals surface area contributed by atoms with E-state index in [1.165, 1.54) is 0 Å². The molecule has 1 aromatic heterocycles. The van der Waals surface area contributed by atoms with E-state index in [4.69, 9.17) is 4.42 Å². The Bertz CT molecular complexity index is 476. The lowest BCUT2D eigenvalue weighted by molar-refractivity contribution is 0.0632. The van der Waals surface area contributed by atoms with Crippen molar-refractivity contribution in [2.24, 2.45) is 0 Å². The number of amides is 3. The van der Waals surface area contributed by atoms with E-state index in [-0.39, 0.29) is 11.9 Å². The van der Waals surface area contributed by atoms with Crippen LogP contribution in [0, 0.1) is 0 Å². The number of nitrogens with one attached hydrogen (secondary N) is 1. The summed E-state index contributed by atoms with van der Waals surface area (Å²) in [5.41, 5.74) is 0. The Morgan fingerprint density at radius 2 is 1.80 bits per heavy atom. The van der Waals surface area contributed by atoms with Crippen LogP contribution in [-0.2, 0) is 6.42 Å². The first-order valence-electron chi connectivity index (χ1n) is 7.06. The topological polar surface area (TPSA) is 65.8 Å². The predicted octanol–water partition coefficient (Wildman–Crippen LogP) is 1.33. The third-order valence-electron chi connectivity index (χ3n) is 3.40. The number of rotatable bonds is 3. The molecule has 6 nitrogen and oxygen atoms in total. The van der Waals surface area contributed by atoms with Gasteiger partial charge in [0, 0.05) is 39.1 Å². The standard InChI is InChI=1S/C14H21N3O3/c1-3-11-5-6-12(20-11)13(18)16-7-9-17(10-8-16)14(19)15-4-2/h5-6H,3-4,7-10H2,1-2H3,(H,15,19). The van der Waals surface area contributed by atoms with E-state index >= 15 is 0 Å². The zero-order valence-electron chi connectivity index (χ0n) is 12.0. The summed E-state index contributed by atoms with van der Waals surface area (Å²) in [7, 11) is 0. The second kappa shape index (κ2) is 6.45. The van der Waals surface area contributed by atoms with Crippen LogP contribution < -0.4 is 5.32 Å². The lowest BCUT2D eigenvalue weighted by atomic mass is 10.3. The van der Waals surface area contributed by atoms with Gasteiger partial charge in [0.2, 0.25) is 0 Å². The molecule has 0 aromatic carbocycles. The van der Waals surface area contributed by atoms with Gasteiger partial charge in [0.1, 0.15) is 5.76 Å². The molecule has 2 rings (SSSR count). The average molecular weight is 279 g/mol. The highest BCUT2D eigenvalue weighted by Crippen LogP contribution is 2.13. The maximum absolute atomic E-state index is 12.2. The molecule has 110 valence electrons. The average Bonchev–Trinajstić information content (AvgIpc) is 2.96. The maximum Gasteiger partial charge on any atom is 0.317 e. The van der Waals surface area contributed by atoms with E-state index in [0.29, 0.717) is 38.5 Å². The van der Waals surface area contributed by atoms with E-state index in [0.717, 1.165) is 12.2 Å². The number of nitrogens with zero attached hydrogens (tertiary/aromatic N) is 2. The van der Waals surface area contributed by atoms with E-state index < -0.39 is 0 Å². The predicted molar refractivity (Wildman–Crippen MR) is 74.6 cm³/mol. The largest absolute Gasteiger partial charge is 0.456 e. The van der Waals surface area contributed by atoms with Gasteiger partial charge in [0.05, 0.1) is 0 Å². The molecule has 1 aromatic rings. The summed E-state index contributed by atoms with van der Waals surface area (Å²) in [6.07, 6.45) is 0.776. The third-order valence-corrected chi connectivity index (χ3v) is 3.40. The fourth-order valence-electron chi connectivity index (χ4n) is 2.21. The molecule has 1 aliphatic heterocycles. The number of urea groups is 1. The summed E-state index contributed by atoms with van der Waals surface area (Å²) >= 11 is 0. The van der Waals surface area contributed by atoms with Gasteiger partial charge in [-0.3, -0.25) is 4.79 Å². The first kappa shape index (κ1) is 14.4. The van der Waals surface area contributed by atoms with Crippen LogP contribution in [-0.4, -0.2) is 54.5 Å². The molecular weight excluding hydrogens is 258 g/mol. The Hall–Kier alpha value is -1.98. The fourth-order valence-corrected chi connectivity index (χ4v) is 2.21. The molecule has 1 fully saturated rings. The molecule has 0 radical (unpaired) electrons. The smallest absolute Gasteiger partial charge is 0.317 e. The minimum Gasteiger partial charge on any atom is -0.456 e. The normalized spacial score (nSPS) is 15.3. The Balaban J connectivity index is 1.90. The number of furan rings is 1. The highest BCUT2D eigenvalue weighted by Gasteiger charge is 2.26. The van der Waals surface area contributed by atoms with E-state index in [1.807, 2.05) is 19.9 Å². The SMILES string of the molecule is CCNC(=O)N1CCN(C(=O)c2ccc(CC)o2)CC1. The number of aryl methyl sites for hydroxylation is 1. The van der Waals surface area contributed by atoms with Gasteiger partial charge in [0.15, 0.2) is 5.76 Å². The van der Waals surface area contributed by atoms with Gasteiger partial charge in [-0.2, -0.15) is 0 Å². The highest BCUT2D eigenvalue weighted by molar-refractivity contribution is 5.91. The van der Waals surface area contributed by atoms with E-state index in [2.05, 4.69) is 5.32 Å². The van der Waals surface area contributed by atoms with Gasteiger partial charge < -0.3 is 19.5 Å². The van der Waals surface area contributed by atoms with Gasteiger partial charge in [-0.1, -0.05) is 6.92 Å². The molecule has 1 saturated heterocycles. The third kappa shape index (κ3) is 3.12. The molecule has 0 bridgehead atoms. The quantitative estimate of drug-likeness (QED) is 0.907. The van der Waals surface area contributed by atoms with Crippen molar-refractivity contribution in [3.8, 4) is 0 Å². The molecule has 0 saturated carbocycles. The first-order chi connectivity index (χ1) is 9.65. The van der Waals surface area contributed by atoms with E-state index in [1.54, 1.807) is 15.9 Å². The summed E-state index contributed by atoms with van der Waals surface area (Å²) < 4.78 is 5.48. The monoisotopic (exact) mass is 279 g/mol. The van der Waals surface area contributed by atoms with Crippen molar-refractivity contribution in [1.29, 1.82) is 0 Å². The second-order valence-electron chi connectivity index (χ2n) is 4.73. The molecule has 0 atom stereocenters. The van der Waals surface area contributed by atoms with Crippen LogP contribution in [0.3, 0.4) is 0 Å². The van der Waals surface area contributed by atoms with Gasteiger partial charge in [-0.15, -0.1) is 0 Å². The van der Waals surface area contributed by atoms with E-state index in [9.17, 15) is 9.59 Å². The summed E-state index contributed by atoms with van der Waals surface area (Å²) in [6.45, 7) is 6.68. The van der Waals surface area contributed by atoms with Crippen LogP contribution in [0.15, 0.2) is 16.5 Å². The molecule has 1 aliphatic rings.